The highest BCUT2D eigenvalue weighted by Crippen LogP contribution is 2.17. The number of hydrogen-bond donors (Lipinski definition) is 1. The average molecular weight is 329 g/mol. The molecule has 0 saturated carbocycles. The van der Waals surface area contributed by atoms with Crippen molar-refractivity contribution in [1.82, 2.24) is 4.57 Å². The molecule has 1 N–H and O–H groups in total. The fraction of sp³-hybridized carbons (Fsp3) is 0.167. The number of nitrogens with one attached hydrogen (secondary N) is 1. The molecule has 0 saturated heterocycles. The van der Waals surface area contributed by atoms with Gasteiger partial charge in [0.1, 0.15) is 11.6 Å². The van der Waals surface area contributed by atoms with Crippen molar-refractivity contribution in [2.24, 2.45) is 5.10 Å². The lowest BCUT2D eigenvalue weighted by molar-refractivity contribution is 0.489. The van der Waals surface area contributed by atoms with E-state index in [1.165, 1.54) is 12.1 Å². The Bertz CT molecular complexity index is 867. The number of hydrogen-bond acceptors (Lipinski definition) is 3. The van der Waals surface area contributed by atoms with Crippen molar-refractivity contribution in [2.45, 2.75) is 20.4 Å². The Labute approximate surface area is 138 Å². The smallest absolute Gasteiger partial charge is 0.151 e. The maximum atomic E-state index is 13.5. The van der Waals surface area contributed by atoms with Crippen LogP contribution in [0.25, 0.3) is 0 Å². The Kier molecular flexibility index (Phi) is 4.46. The molecule has 3 rings (SSSR count). The zero-order valence-electron chi connectivity index (χ0n) is 13.4. The van der Waals surface area contributed by atoms with Crippen LogP contribution in [0.4, 0.5) is 14.5 Å². The van der Waals surface area contributed by atoms with E-state index in [9.17, 15) is 8.78 Å². The van der Waals surface area contributed by atoms with Gasteiger partial charge in [0.2, 0.25) is 0 Å². The van der Waals surface area contributed by atoms with Crippen LogP contribution < -0.4 is 5.43 Å². The van der Waals surface area contributed by atoms with E-state index in [4.69, 9.17) is 4.42 Å². The van der Waals surface area contributed by atoms with E-state index >= 15 is 0 Å². The first kappa shape index (κ1) is 16.0. The molecule has 4 nitrogen and oxygen atoms in total. The van der Waals surface area contributed by atoms with Gasteiger partial charge in [0, 0.05) is 23.0 Å². The summed E-state index contributed by atoms with van der Waals surface area (Å²) in [7, 11) is 0. The van der Waals surface area contributed by atoms with Gasteiger partial charge >= 0.3 is 0 Å². The largest absolute Gasteiger partial charge is 0.467 e. The summed E-state index contributed by atoms with van der Waals surface area (Å²) in [6, 6.07) is 9.06. The lowest BCUT2D eigenvalue weighted by Gasteiger charge is -2.07. The van der Waals surface area contributed by atoms with E-state index < -0.39 is 11.6 Å². The van der Waals surface area contributed by atoms with Crippen molar-refractivity contribution >= 4 is 11.9 Å². The Hall–Kier alpha value is -2.89. The number of halogens is 2. The lowest BCUT2D eigenvalue weighted by atomic mass is 10.2. The first-order valence-electron chi connectivity index (χ1n) is 7.48. The molecule has 0 unspecified atom stereocenters. The molecule has 0 aliphatic carbocycles. The highest BCUT2D eigenvalue weighted by Gasteiger charge is 2.09. The molecular formula is C18H17F2N3O. The SMILES string of the molecule is Cc1cc(/C=N\Nc2ccc(F)cc2F)c(C)n1Cc1ccco1. The third-order valence-electron chi connectivity index (χ3n) is 3.83. The average Bonchev–Trinajstić information content (AvgIpc) is 3.14. The molecule has 0 aliphatic heterocycles. The summed E-state index contributed by atoms with van der Waals surface area (Å²) >= 11 is 0. The predicted octanol–water partition coefficient (Wildman–Crippen LogP) is 4.47. The molecule has 6 heteroatoms. The second-order valence-corrected chi connectivity index (χ2v) is 5.49. The highest BCUT2D eigenvalue weighted by molar-refractivity contribution is 5.82. The summed E-state index contributed by atoms with van der Waals surface area (Å²) in [5.41, 5.74) is 5.71. The van der Waals surface area contributed by atoms with Crippen molar-refractivity contribution in [3.63, 3.8) is 0 Å². The summed E-state index contributed by atoms with van der Waals surface area (Å²) in [4.78, 5) is 0. The fourth-order valence-electron chi connectivity index (χ4n) is 2.51. The third-order valence-corrected chi connectivity index (χ3v) is 3.83. The topological polar surface area (TPSA) is 42.5 Å². The van der Waals surface area contributed by atoms with Crippen molar-refractivity contribution in [3.8, 4) is 0 Å². The van der Waals surface area contributed by atoms with Gasteiger partial charge in [-0.1, -0.05) is 0 Å². The molecule has 124 valence electrons. The number of nitrogens with zero attached hydrogens (tertiary/aromatic N) is 2. The maximum Gasteiger partial charge on any atom is 0.151 e. The zero-order chi connectivity index (χ0) is 17.1. The van der Waals surface area contributed by atoms with E-state index in [2.05, 4.69) is 15.1 Å². The van der Waals surface area contributed by atoms with Crippen molar-refractivity contribution in [3.05, 3.63) is 77.0 Å². The highest BCUT2D eigenvalue weighted by atomic mass is 19.1. The van der Waals surface area contributed by atoms with Gasteiger partial charge in [-0.2, -0.15) is 5.10 Å². The van der Waals surface area contributed by atoms with Gasteiger partial charge in [0.05, 0.1) is 24.7 Å². The van der Waals surface area contributed by atoms with E-state index in [1.807, 2.05) is 32.0 Å². The van der Waals surface area contributed by atoms with Crippen LogP contribution in [0.1, 0.15) is 22.7 Å². The quantitative estimate of drug-likeness (QED) is 0.554. The van der Waals surface area contributed by atoms with Crippen LogP contribution in [0.5, 0.6) is 0 Å². The summed E-state index contributed by atoms with van der Waals surface area (Å²) in [5.74, 6) is -0.439. The van der Waals surface area contributed by atoms with Gasteiger partial charge in [-0.25, -0.2) is 8.78 Å². The molecule has 0 amide bonds. The second kappa shape index (κ2) is 6.70. The molecule has 2 aromatic heterocycles. The molecule has 3 aromatic rings. The molecular weight excluding hydrogens is 312 g/mol. The number of benzene rings is 1. The van der Waals surface area contributed by atoms with Gasteiger partial charge in [0.25, 0.3) is 0 Å². The standard InChI is InChI=1S/C18H17F2N3O/c1-12-8-14(13(2)23(12)11-16-4-3-7-24-16)10-21-22-18-6-5-15(19)9-17(18)20/h3-10,22H,11H2,1-2H3/b21-10-. The number of aromatic nitrogens is 1. The van der Waals surface area contributed by atoms with Crippen LogP contribution in [-0.2, 0) is 6.54 Å². The van der Waals surface area contributed by atoms with Crippen LogP contribution in [0.3, 0.4) is 0 Å². The monoisotopic (exact) mass is 329 g/mol. The number of aryl methyl sites for hydroxylation is 1. The van der Waals surface area contributed by atoms with Gasteiger partial charge < -0.3 is 8.98 Å². The molecule has 0 radical (unpaired) electrons. The van der Waals surface area contributed by atoms with E-state index in [-0.39, 0.29) is 5.69 Å². The molecule has 1 aromatic carbocycles. The molecule has 0 bridgehead atoms. The van der Waals surface area contributed by atoms with Crippen LogP contribution in [0.2, 0.25) is 0 Å². The first-order valence-corrected chi connectivity index (χ1v) is 7.48. The molecule has 0 atom stereocenters. The Morgan fingerprint density at radius 2 is 2.04 bits per heavy atom. The van der Waals surface area contributed by atoms with Gasteiger partial charge in [0.15, 0.2) is 5.82 Å². The number of anilines is 1. The maximum absolute atomic E-state index is 13.5. The van der Waals surface area contributed by atoms with Gasteiger partial charge in [-0.3, -0.25) is 5.43 Å². The Balaban J connectivity index is 1.75. The summed E-state index contributed by atoms with van der Waals surface area (Å²) in [6.45, 7) is 4.62. The summed E-state index contributed by atoms with van der Waals surface area (Å²) in [5, 5.41) is 4.04. The van der Waals surface area contributed by atoms with E-state index in [1.54, 1.807) is 12.5 Å². The molecule has 2 heterocycles. The number of rotatable bonds is 5. The molecule has 0 spiro atoms. The minimum Gasteiger partial charge on any atom is -0.467 e. The van der Waals surface area contributed by atoms with Crippen molar-refractivity contribution in [2.75, 3.05) is 5.43 Å². The summed E-state index contributed by atoms with van der Waals surface area (Å²) in [6.07, 6.45) is 3.26. The van der Waals surface area contributed by atoms with E-state index in [0.29, 0.717) is 6.54 Å². The second-order valence-electron chi connectivity index (χ2n) is 5.49. The summed E-state index contributed by atoms with van der Waals surface area (Å²) < 4.78 is 33.9. The van der Waals surface area contributed by atoms with Gasteiger partial charge in [-0.15, -0.1) is 0 Å². The molecule has 0 aliphatic rings. The minimum absolute atomic E-state index is 0.122. The third kappa shape index (κ3) is 3.37. The lowest BCUT2D eigenvalue weighted by Crippen LogP contribution is -2.03. The van der Waals surface area contributed by atoms with Gasteiger partial charge in [-0.05, 0) is 44.2 Å². The molecule has 0 fully saturated rings. The normalized spacial score (nSPS) is 11.3. The Morgan fingerprint density at radius 1 is 1.21 bits per heavy atom. The van der Waals surface area contributed by atoms with E-state index in [0.717, 1.165) is 28.8 Å². The zero-order valence-corrected chi connectivity index (χ0v) is 13.4. The fourth-order valence-corrected chi connectivity index (χ4v) is 2.51. The number of hydrazone groups is 1. The van der Waals surface area contributed by atoms with Crippen LogP contribution in [0.15, 0.2) is 52.2 Å². The van der Waals surface area contributed by atoms with Crippen LogP contribution >= 0.6 is 0 Å². The minimum atomic E-state index is -0.685. The van der Waals surface area contributed by atoms with Crippen LogP contribution in [-0.4, -0.2) is 10.8 Å². The predicted molar refractivity (Wildman–Crippen MR) is 89.3 cm³/mol. The first-order chi connectivity index (χ1) is 11.5. The van der Waals surface area contributed by atoms with Crippen molar-refractivity contribution < 1.29 is 13.2 Å². The van der Waals surface area contributed by atoms with Crippen LogP contribution in [0, 0.1) is 25.5 Å². The van der Waals surface area contributed by atoms with Crippen molar-refractivity contribution in [1.29, 1.82) is 0 Å². The number of furan rings is 1. The molecule has 24 heavy (non-hydrogen) atoms. The Morgan fingerprint density at radius 3 is 2.75 bits per heavy atom.